The molecule has 0 aliphatic rings. The van der Waals surface area contributed by atoms with Crippen molar-refractivity contribution in [3.8, 4) is 0 Å². The molecule has 1 unspecified atom stereocenters. The van der Waals surface area contributed by atoms with E-state index in [1.165, 1.54) is 97.0 Å². The number of carbonyl (C=O) groups excluding carboxylic acids is 3. The molecule has 0 fully saturated rings. The summed E-state index contributed by atoms with van der Waals surface area (Å²) in [5, 5.41) is 5.00. The first-order chi connectivity index (χ1) is 20.3. The Labute approximate surface area is 256 Å². The molecule has 0 aliphatic carbocycles. The van der Waals surface area contributed by atoms with Gasteiger partial charge in [-0.05, 0) is 26.9 Å². The fourth-order valence-corrected chi connectivity index (χ4v) is 4.54. The highest BCUT2D eigenvalue weighted by Crippen LogP contribution is 2.13. The van der Waals surface area contributed by atoms with E-state index in [0.29, 0.717) is 26.2 Å². The number of nitrogens with zero attached hydrogens (tertiary/aromatic N) is 2. The maximum Gasteiger partial charge on any atom is 0.415 e. The highest BCUT2D eigenvalue weighted by Gasteiger charge is 2.19. The fourth-order valence-electron chi connectivity index (χ4n) is 4.54. The molecule has 4 amide bonds. The number of rotatable bonds is 27. The van der Waals surface area contributed by atoms with Crippen molar-refractivity contribution in [2.75, 3.05) is 60.6 Å². The molecule has 1 atom stereocenters. The molecule has 0 heterocycles. The van der Waals surface area contributed by atoms with E-state index >= 15 is 0 Å². The maximum atomic E-state index is 12.4. The summed E-state index contributed by atoms with van der Waals surface area (Å²) in [6.45, 7) is 6.32. The predicted octanol–water partition coefficient (Wildman–Crippen LogP) is 7.11. The lowest BCUT2D eigenvalue weighted by atomic mass is 10.0. The zero-order valence-electron chi connectivity index (χ0n) is 27.7. The number of methoxy groups -OCH3 is 1. The van der Waals surface area contributed by atoms with E-state index in [9.17, 15) is 14.4 Å². The summed E-state index contributed by atoms with van der Waals surface area (Å²) in [7, 11) is 5.29. The molecular formula is C32H64N4O6. The van der Waals surface area contributed by atoms with Crippen LogP contribution in [0.2, 0.25) is 0 Å². The van der Waals surface area contributed by atoms with Gasteiger partial charge in [-0.3, -0.25) is 0 Å². The van der Waals surface area contributed by atoms with Gasteiger partial charge in [-0.15, -0.1) is 0 Å². The van der Waals surface area contributed by atoms with E-state index in [0.717, 1.165) is 19.3 Å². The second-order valence-electron chi connectivity index (χ2n) is 11.5. The van der Waals surface area contributed by atoms with Crippen molar-refractivity contribution in [2.45, 2.75) is 129 Å². The SMILES string of the molecule is CCCCCCCCCCCCCCCCCCNC(=O)OCC(COC(=O)NC(=O)N(CCC)CCN(C)C)OC. The Kier molecular flexibility index (Phi) is 27.6. The molecule has 0 aliphatic heterocycles. The lowest BCUT2D eigenvalue weighted by Gasteiger charge is -2.23. The Morgan fingerprint density at radius 2 is 1.10 bits per heavy atom. The number of urea groups is 1. The van der Waals surface area contributed by atoms with Crippen LogP contribution in [0.1, 0.15) is 123 Å². The Balaban J connectivity index is 3.76. The number of alkyl carbamates (subject to hydrolysis) is 2. The van der Waals surface area contributed by atoms with E-state index in [1.54, 1.807) is 4.90 Å². The van der Waals surface area contributed by atoms with Crippen LogP contribution in [0.5, 0.6) is 0 Å². The van der Waals surface area contributed by atoms with Crippen molar-refractivity contribution in [1.29, 1.82) is 0 Å². The third kappa shape index (κ3) is 25.6. The number of carbonyl (C=O) groups is 3. The number of ether oxygens (including phenoxy) is 3. The van der Waals surface area contributed by atoms with Crippen LogP contribution in [0.15, 0.2) is 0 Å². The monoisotopic (exact) mass is 600 g/mol. The number of hydrogen-bond acceptors (Lipinski definition) is 7. The first kappa shape index (κ1) is 39.9. The standard InChI is InChI=1S/C32H64N4O6/c1-6-8-9-10-11-12-13-14-15-16-17-18-19-20-21-22-23-33-31(38)41-27-29(40-5)28-42-32(39)34-30(37)36(24-7-2)26-25-35(3)4/h29H,6-28H2,1-5H3,(H,33,38)(H,34,37,39). The molecule has 0 aromatic heterocycles. The van der Waals surface area contributed by atoms with Gasteiger partial charge in [0, 0.05) is 33.3 Å². The van der Waals surface area contributed by atoms with Gasteiger partial charge in [0.25, 0.3) is 0 Å². The van der Waals surface area contributed by atoms with E-state index < -0.39 is 24.3 Å². The maximum absolute atomic E-state index is 12.4. The van der Waals surface area contributed by atoms with Crippen LogP contribution in [0.4, 0.5) is 14.4 Å². The summed E-state index contributed by atoms with van der Waals surface area (Å²) in [6, 6.07) is -0.498. The Morgan fingerprint density at radius 3 is 1.55 bits per heavy atom. The number of likely N-dealkylation sites (N-methyl/N-ethyl adjacent to an activating group) is 1. The van der Waals surface area contributed by atoms with E-state index in [1.807, 2.05) is 25.9 Å². The molecule has 10 heteroatoms. The van der Waals surface area contributed by atoms with Crippen LogP contribution < -0.4 is 10.6 Å². The number of hydrogen-bond donors (Lipinski definition) is 2. The number of imide groups is 1. The molecule has 0 aromatic carbocycles. The van der Waals surface area contributed by atoms with Crippen molar-refractivity contribution >= 4 is 18.2 Å². The quantitative estimate of drug-likeness (QED) is 0.0967. The molecule has 0 radical (unpaired) electrons. The van der Waals surface area contributed by atoms with Gasteiger partial charge in [-0.2, -0.15) is 0 Å². The van der Waals surface area contributed by atoms with Crippen LogP contribution in [0, 0.1) is 0 Å². The molecule has 0 rings (SSSR count). The van der Waals surface area contributed by atoms with Crippen molar-refractivity contribution < 1.29 is 28.6 Å². The average Bonchev–Trinajstić information content (AvgIpc) is 2.96. The summed E-state index contributed by atoms with van der Waals surface area (Å²) in [4.78, 5) is 40.0. The Bertz CT molecular complexity index is 665. The van der Waals surface area contributed by atoms with Gasteiger partial charge in [0.15, 0.2) is 0 Å². The molecule has 10 nitrogen and oxygen atoms in total. The second-order valence-corrected chi connectivity index (χ2v) is 11.5. The minimum atomic E-state index is -0.860. The fraction of sp³-hybridized carbons (Fsp3) is 0.906. The molecule has 2 N–H and O–H groups in total. The van der Waals surface area contributed by atoms with Crippen LogP contribution in [-0.2, 0) is 14.2 Å². The second kappa shape index (κ2) is 29.0. The van der Waals surface area contributed by atoms with E-state index in [4.69, 9.17) is 14.2 Å². The smallest absolute Gasteiger partial charge is 0.415 e. The Morgan fingerprint density at radius 1 is 0.619 bits per heavy atom. The highest BCUT2D eigenvalue weighted by molar-refractivity contribution is 5.90. The lowest BCUT2D eigenvalue weighted by Crippen LogP contribution is -2.46. The predicted molar refractivity (Wildman–Crippen MR) is 170 cm³/mol. The Hall–Kier alpha value is -2.07. The number of amides is 4. The average molecular weight is 601 g/mol. The summed E-state index contributed by atoms with van der Waals surface area (Å²) in [5.74, 6) is 0. The molecule has 0 saturated carbocycles. The van der Waals surface area contributed by atoms with E-state index in [2.05, 4.69) is 17.6 Å². The lowest BCUT2D eigenvalue weighted by molar-refractivity contribution is -0.00414. The third-order valence-electron chi connectivity index (χ3n) is 7.24. The molecule has 0 spiro atoms. The normalized spacial score (nSPS) is 11.8. The number of unbranched alkanes of at least 4 members (excludes halogenated alkanes) is 15. The summed E-state index contributed by atoms with van der Waals surface area (Å²) in [5.41, 5.74) is 0. The first-order valence-corrected chi connectivity index (χ1v) is 16.6. The third-order valence-corrected chi connectivity index (χ3v) is 7.24. The van der Waals surface area contributed by atoms with Crippen LogP contribution in [0.3, 0.4) is 0 Å². The topological polar surface area (TPSA) is 109 Å². The van der Waals surface area contributed by atoms with Gasteiger partial charge in [-0.25, -0.2) is 19.7 Å². The van der Waals surface area contributed by atoms with E-state index in [-0.39, 0.29) is 13.2 Å². The summed E-state index contributed by atoms with van der Waals surface area (Å²) in [6.07, 6.45) is 19.7. The van der Waals surface area contributed by atoms with Gasteiger partial charge >= 0.3 is 18.2 Å². The highest BCUT2D eigenvalue weighted by atomic mass is 16.6. The van der Waals surface area contributed by atoms with Gasteiger partial charge in [0.2, 0.25) is 0 Å². The molecule has 42 heavy (non-hydrogen) atoms. The minimum Gasteiger partial charge on any atom is -0.447 e. The van der Waals surface area contributed by atoms with Gasteiger partial charge in [-0.1, -0.05) is 110 Å². The van der Waals surface area contributed by atoms with Crippen molar-refractivity contribution in [1.82, 2.24) is 20.4 Å². The molecule has 248 valence electrons. The summed E-state index contributed by atoms with van der Waals surface area (Å²) < 4.78 is 15.5. The van der Waals surface area contributed by atoms with Gasteiger partial charge in [0.1, 0.15) is 19.3 Å². The van der Waals surface area contributed by atoms with Crippen LogP contribution in [-0.4, -0.2) is 94.7 Å². The summed E-state index contributed by atoms with van der Waals surface area (Å²) >= 11 is 0. The van der Waals surface area contributed by atoms with Gasteiger partial charge in [0.05, 0.1) is 0 Å². The van der Waals surface area contributed by atoms with Crippen molar-refractivity contribution in [3.63, 3.8) is 0 Å². The van der Waals surface area contributed by atoms with Crippen LogP contribution in [0.25, 0.3) is 0 Å². The zero-order chi connectivity index (χ0) is 31.3. The molecular weight excluding hydrogens is 536 g/mol. The largest absolute Gasteiger partial charge is 0.447 e. The molecule has 0 bridgehead atoms. The molecule has 0 saturated heterocycles. The van der Waals surface area contributed by atoms with Gasteiger partial charge < -0.3 is 29.3 Å². The zero-order valence-corrected chi connectivity index (χ0v) is 27.7. The number of nitrogens with one attached hydrogen (secondary N) is 2. The van der Waals surface area contributed by atoms with Crippen LogP contribution >= 0.6 is 0 Å². The van der Waals surface area contributed by atoms with Crippen molar-refractivity contribution in [3.05, 3.63) is 0 Å². The first-order valence-electron chi connectivity index (χ1n) is 16.6. The van der Waals surface area contributed by atoms with Crippen molar-refractivity contribution in [2.24, 2.45) is 0 Å². The molecule has 0 aromatic rings. The minimum absolute atomic E-state index is 0.0622.